The second-order valence-corrected chi connectivity index (χ2v) is 9.08. The predicted octanol–water partition coefficient (Wildman–Crippen LogP) is 5.46. The first-order chi connectivity index (χ1) is 15.2. The van der Waals surface area contributed by atoms with Gasteiger partial charge >= 0.3 is 0 Å². The lowest BCUT2D eigenvalue weighted by atomic mass is 10.1. The van der Waals surface area contributed by atoms with E-state index in [-0.39, 0.29) is 9.92 Å². The first-order valence-electron chi connectivity index (χ1n) is 9.58. The lowest BCUT2D eigenvalue weighted by Gasteiger charge is -2.32. The zero-order valence-corrected chi connectivity index (χ0v) is 19.6. The van der Waals surface area contributed by atoms with Crippen LogP contribution in [0, 0.1) is 5.82 Å². The molecule has 0 saturated carbocycles. The van der Waals surface area contributed by atoms with Crippen molar-refractivity contribution in [3.05, 3.63) is 77.1 Å². The van der Waals surface area contributed by atoms with E-state index in [1.54, 1.807) is 49.4 Å². The Morgan fingerprint density at radius 3 is 2.22 bits per heavy atom. The Kier molecular flexibility index (Phi) is 7.16. The number of anilines is 1. The highest BCUT2D eigenvalue weighted by molar-refractivity contribution is 7.92. The van der Waals surface area contributed by atoms with Crippen molar-refractivity contribution in [1.29, 1.82) is 0 Å². The third kappa shape index (κ3) is 4.61. The van der Waals surface area contributed by atoms with Crippen molar-refractivity contribution >= 4 is 27.3 Å². The van der Waals surface area contributed by atoms with Gasteiger partial charge in [-0.25, -0.2) is 12.8 Å². The van der Waals surface area contributed by atoms with Gasteiger partial charge in [-0.2, -0.15) is 0 Å². The molecule has 0 bridgehead atoms. The van der Waals surface area contributed by atoms with Gasteiger partial charge in [0.25, 0.3) is 10.0 Å². The molecule has 3 aromatic carbocycles. The number of hydrogen-bond donors (Lipinski definition) is 0. The molecule has 0 aliphatic carbocycles. The molecule has 0 aliphatic rings. The minimum Gasteiger partial charge on any atom is -0.497 e. The minimum atomic E-state index is -4.18. The summed E-state index contributed by atoms with van der Waals surface area (Å²) in [6.45, 7) is 1.72. The van der Waals surface area contributed by atoms with Gasteiger partial charge in [0.2, 0.25) is 0 Å². The van der Waals surface area contributed by atoms with Crippen molar-refractivity contribution in [2.24, 2.45) is 0 Å². The largest absolute Gasteiger partial charge is 0.497 e. The van der Waals surface area contributed by atoms with Gasteiger partial charge in [0.05, 0.1) is 43.0 Å². The molecule has 0 heterocycles. The number of sulfonamides is 1. The van der Waals surface area contributed by atoms with Crippen LogP contribution in [0.15, 0.2) is 65.6 Å². The van der Waals surface area contributed by atoms with Gasteiger partial charge in [-0.15, -0.1) is 0 Å². The van der Waals surface area contributed by atoms with Gasteiger partial charge in [-0.1, -0.05) is 17.7 Å². The SMILES string of the molecule is COc1cccc(N([C@H](C)c2cc(OC)ccc2OC)S(=O)(=O)c2ccc(F)c(Cl)c2)c1. The highest BCUT2D eigenvalue weighted by atomic mass is 35.5. The molecule has 0 radical (unpaired) electrons. The fourth-order valence-electron chi connectivity index (χ4n) is 3.36. The molecule has 1 atom stereocenters. The normalized spacial score (nSPS) is 12.2. The van der Waals surface area contributed by atoms with Gasteiger partial charge in [0.15, 0.2) is 0 Å². The van der Waals surface area contributed by atoms with Crippen LogP contribution in [0.1, 0.15) is 18.5 Å². The summed E-state index contributed by atoms with van der Waals surface area (Å²) < 4.78 is 58.6. The molecule has 0 unspecified atom stereocenters. The van der Waals surface area contributed by atoms with Gasteiger partial charge < -0.3 is 14.2 Å². The van der Waals surface area contributed by atoms with E-state index in [1.807, 2.05) is 0 Å². The molecule has 9 heteroatoms. The van der Waals surface area contributed by atoms with Crippen molar-refractivity contribution in [1.82, 2.24) is 0 Å². The van der Waals surface area contributed by atoms with Crippen LogP contribution < -0.4 is 18.5 Å². The molecule has 0 amide bonds. The number of benzene rings is 3. The molecule has 0 aliphatic heterocycles. The summed E-state index contributed by atoms with van der Waals surface area (Å²) in [6.07, 6.45) is 0. The van der Waals surface area contributed by atoms with E-state index in [0.717, 1.165) is 12.1 Å². The standard InChI is InChI=1S/C23H23ClFNO5S/c1-15(20-13-18(30-3)8-11-23(20)31-4)26(16-6-5-7-17(12-16)29-2)32(27,28)19-9-10-22(25)21(24)14-19/h5-15H,1-4H3/t15-/m1/s1. The summed E-state index contributed by atoms with van der Waals surface area (Å²) in [5, 5.41) is -0.289. The van der Waals surface area contributed by atoms with Crippen LogP contribution in [0.2, 0.25) is 5.02 Å². The Hall–Kier alpha value is -2.97. The fraction of sp³-hybridized carbons (Fsp3) is 0.217. The Morgan fingerprint density at radius 1 is 0.906 bits per heavy atom. The average Bonchev–Trinajstić information content (AvgIpc) is 2.80. The summed E-state index contributed by atoms with van der Waals surface area (Å²) in [7, 11) is 0.336. The van der Waals surface area contributed by atoms with Gasteiger partial charge in [0.1, 0.15) is 23.1 Å². The third-order valence-electron chi connectivity index (χ3n) is 4.99. The van der Waals surface area contributed by atoms with Crippen molar-refractivity contribution in [3.8, 4) is 17.2 Å². The van der Waals surface area contributed by atoms with E-state index in [0.29, 0.717) is 28.5 Å². The Bertz CT molecular complexity index is 1220. The van der Waals surface area contributed by atoms with Crippen LogP contribution >= 0.6 is 11.6 Å². The summed E-state index contributed by atoms with van der Waals surface area (Å²) in [5.74, 6) is 0.796. The van der Waals surface area contributed by atoms with Crippen LogP contribution in [0.25, 0.3) is 0 Å². The van der Waals surface area contributed by atoms with Crippen LogP contribution in [0.5, 0.6) is 17.2 Å². The molecular weight excluding hydrogens is 457 g/mol. The molecule has 32 heavy (non-hydrogen) atoms. The summed E-state index contributed by atoms with van der Waals surface area (Å²) in [4.78, 5) is -0.152. The second kappa shape index (κ2) is 9.67. The molecule has 0 spiro atoms. The van der Waals surface area contributed by atoms with E-state index >= 15 is 0 Å². The van der Waals surface area contributed by atoms with Crippen molar-refractivity contribution in [2.75, 3.05) is 25.6 Å². The predicted molar refractivity (Wildman–Crippen MR) is 122 cm³/mol. The first-order valence-corrected chi connectivity index (χ1v) is 11.4. The van der Waals surface area contributed by atoms with Crippen LogP contribution in [-0.2, 0) is 10.0 Å². The molecule has 0 N–H and O–H groups in total. The highest BCUT2D eigenvalue weighted by Crippen LogP contribution is 2.39. The maximum atomic E-state index is 13.8. The number of ether oxygens (including phenoxy) is 3. The molecule has 0 aromatic heterocycles. The average molecular weight is 480 g/mol. The molecule has 3 rings (SSSR count). The Morgan fingerprint density at radius 2 is 1.59 bits per heavy atom. The second-order valence-electron chi connectivity index (χ2n) is 6.86. The summed E-state index contributed by atoms with van der Waals surface area (Å²) >= 11 is 5.89. The fourth-order valence-corrected chi connectivity index (χ4v) is 5.26. The molecular formula is C23H23ClFNO5S. The smallest absolute Gasteiger partial charge is 0.264 e. The minimum absolute atomic E-state index is 0.152. The van der Waals surface area contributed by atoms with Gasteiger partial charge in [-0.3, -0.25) is 4.31 Å². The lowest BCUT2D eigenvalue weighted by Crippen LogP contribution is -2.34. The number of halogens is 2. The summed E-state index contributed by atoms with van der Waals surface area (Å²) in [5.41, 5.74) is 0.925. The quantitative estimate of drug-likeness (QED) is 0.429. The number of rotatable bonds is 8. The third-order valence-corrected chi connectivity index (χ3v) is 7.18. The van der Waals surface area contributed by atoms with Crippen LogP contribution in [0.4, 0.5) is 10.1 Å². The van der Waals surface area contributed by atoms with Crippen LogP contribution in [0.3, 0.4) is 0 Å². The van der Waals surface area contributed by atoms with E-state index in [4.69, 9.17) is 25.8 Å². The van der Waals surface area contributed by atoms with Gasteiger partial charge in [-0.05, 0) is 55.5 Å². The van der Waals surface area contributed by atoms with E-state index < -0.39 is 21.9 Å². The topological polar surface area (TPSA) is 65.1 Å². The number of hydrogen-bond acceptors (Lipinski definition) is 5. The van der Waals surface area contributed by atoms with Crippen molar-refractivity contribution < 1.29 is 27.0 Å². The number of methoxy groups -OCH3 is 3. The van der Waals surface area contributed by atoms with E-state index in [1.165, 1.54) is 31.7 Å². The maximum absolute atomic E-state index is 13.8. The monoisotopic (exact) mass is 479 g/mol. The summed E-state index contributed by atoms with van der Waals surface area (Å²) in [6, 6.07) is 14.3. The van der Waals surface area contributed by atoms with Gasteiger partial charge in [0, 0.05) is 11.6 Å². The number of nitrogens with zero attached hydrogens (tertiary/aromatic N) is 1. The molecule has 0 saturated heterocycles. The van der Waals surface area contributed by atoms with Crippen molar-refractivity contribution in [3.63, 3.8) is 0 Å². The first kappa shape index (κ1) is 23.7. The maximum Gasteiger partial charge on any atom is 0.264 e. The van der Waals surface area contributed by atoms with E-state index in [9.17, 15) is 12.8 Å². The molecule has 3 aromatic rings. The highest BCUT2D eigenvalue weighted by Gasteiger charge is 2.33. The lowest BCUT2D eigenvalue weighted by molar-refractivity contribution is 0.396. The Labute approximate surface area is 192 Å². The zero-order valence-electron chi connectivity index (χ0n) is 18.0. The van der Waals surface area contributed by atoms with E-state index in [2.05, 4.69) is 0 Å². The molecule has 6 nitrogen and oxygen atoms in total. The Balaban J connectivity index is 2.24. The molecule has 0 fully saturated rings. The zero-order chi connectivity index (χ0) is 23.5. The molecule has 170 valence electrons. The van der Waals surface area contributed by atoms with Crippen molar-refractivity contribution in [2.45, 2.75) is 17.9 Å². The van der Waals surface area contributed by atoms with Crippen LogP contribution in [-0.4, -0.2) is 29.7 Å².